The smallest absolute Gasteiger partial charge is 0.303 e. The first-order valence-electron chi connectivity index (χ1n) is 8.58. The van der Waals surface area contributed by atoms with Gasteiger partial charge in [-0.3, -0.25) is 14.4 Å². The number of hydrogen-bond acceptors (Lipinski definition) is 5. The molecule has 2 aliphatic rings. The summed E-state index contributed by atoms with van der Waals surface area (Å²) in [5, 5.41) is 8.55. The van der Waals surface area contributed by atoms with Crippen molar-refractivity contribution in [1.82, 2.24) is 0 Å². The molecular weight excluding hydrogens is 300 g/mol. The van der Waals surface area contributed by atoms with Crippen molar-refractivity contribution in [3.8, 4) is 0 Å². The SMILES string of the molecule is O=C(O)CCCCC(=O)CC1CC(OC2CCCCO2)CC1=O. The number of carbonyl (C=O) groups excluding carboxylic acids is 2. The molecule has 0 spiro atoms. The topological polar surface area (TPSA) is 89.9 Å². The van der Waals surface area contributed by atoms with Crippen molar-refractivity contribution in [1.29, 1.82) is 0 Å². The summed E-state index contributed by atoms with van der Waals surface area (Å²) in [6.45, 7) is 0.712. The van der Waals surface area contributed by atoms with E-state index >= 15 is 0 Å². The Morgan fingerprint density at radius 3 is 2.70 bits per heavy atom. The Morgan fingerprint density at radius 2 is 2.00 bits per heavy atom. The standard InChI is InChI=1S/C17H26O6/c18-13(5-1-2-6-16(20)21)9-12-10-14(11-15(12)19)23-17-7-3-4-8-22-17/h12,14,17H,1-11H2,(H,20,21). The minimum absolute atomic E-state index is 0.0447. The zero-order valence-electron chi connectivity index (χ0n) is 13.5. The Hall–Kier alpha value is -1.27. The Morgan fingerprint density at radius 1 is 1.22 bits per heavy atom. The molecule has 1 N–H and O–H groups in total. The van der Waals surface area contributed by atoms with Crippen LogP contribution in [-0.4, -0.2) is 41.6 Å². The third-order valence-corrected chi connectivity index (χ3v) is 4.48. The van der Waals surface area contributed by atoms with E-state index in [-0.39, 0.29) is 42.7 Å². The Bertz CT molecular complexity index is 427. The lowest BCUT2D eigenvalue weighted by atomic mass is 9.97. The summed E-state index contributed by atoms with van der Waals surface area (Å²) in [7, 11) is 0. The molecule has 3 unspecified atom stereocenters. The molecule has 3 atom stereocenters. The van der Waals surface area contributed by atoms with Gasteiger partial charge in [0.25, 0.3) is 0 Å². The van der Waals surface area contributed by atoms with Crippen molar-refractivity contribution >= 4 is 17.5 Å². The highest BCUT2D eigenvalue weighted by Crippen LogP contribution is 2.30. The van der Waals surface area contributed by atoms with E-state index in [9.17, 15) is 14.4 Å². The van der Waals surface area contributed by atoms with Crippen molar-refractivity contribution < 1.29 is 29.0 Å². The largest absolute Gasteiger partial charge is 0.481 e. The zero-order chi connectivity index (χ0) is 16.7. The molecule has 1 aliphatic heterocycles. The molecule has 0 bridgehead atoms. The summed E-state index contributed by atoms with van der Waals surface area (Å²) in [5.41, 5.74) is 0. The summed E-state index contributed by atoms with van der Waals surface area (Å²) < 4.78 is 11.4. The predicted octanol–water partition coefficient (Wildman–Crippen LogP) is 2.48. The van der Waals surface area contributed by atoms with Gasteiger partial charge in [-0.25, -0.2) is 0 Å². The number of carboxylic acids is 1. The zero-order valence-corrected chi connectivity index (χ0v) is 13.5. The number of rotatable bonds is 9. The van der Waals surface area contributed by atoms with E-state index < -0.39 is 5.97 Å². The Balaban J connectivity index is 1.66. The van der Waals surface area contributed by atoms with Crippen molar-refractivity contribution in [2.45, 2.75) is 76.6 Å². The van der Waals surface area contributed by atoms with Crippen LogP contribution in [0.15, 0.2) is 0 Å². The number of unbranched alkanes of at least 4 members (excludes halogenated alkanes) is 1. The minimum atomic E-state index is -0.839. The van der Waals surface area contributed by atoms with Crippen LogP contribution in [0.4, 0.5) is 0 Å². The lowest BCUT2D eigenvalue weighted by molar-refractivity contribution is -0.186. The number of Topliss-reactive ketones (excluding diaryl/α,β-unsaturated/α-hetero) is 2. The fraction of sp³-hybridized carbons (Fsp3) is 0.824. The molecule has 1 saturated carbocycles. The van der Waals surface area contributed by atoms with Crippen molar-refractivity contribution in [3.05, 3.63) is 0 Å². The van der Waals surface area contributed by atoms with E-state index in [0.717, 1.165) is 19.3 Å². The number of ether oxygens (including phenoxy) is 2. The van der Waals surface area contributed by atoms with Gasteiger partial charge in [-0.05, 0) is 38.5 Å². The normalized spacial score (nSPS) is 28.0. The maximum Gasteiger partial charge on any atom is 0.303 e. The van der Waals surface area contributed by atoms with E-state index in [2.05, 4.69) is 0 Å². The maximum atomic E-state index is 12.0. The van der Waals surface area contributed by atoms with Crippen LogP contribution in [0.3, 0.4) is 0 Å². The van der Waals surface area contributed by atoms with Crippen LogP contribution < -0.4 is 0 Å². The average molecular weight is 326 g/mol. The van der Waals surface area contributed by atoms with Crippen LogP contribution in [0.2, 0.25) is 0 Å². The first kappa shape index (κ1) is 18.1. The lowest BCUT2D eigenvalue weighted by Crippen LogP contribution is -2.26. The quantitative estimate of drug-likeness (QED) is 0.655. The molecule has 0 radical (unpaired) electrons. The fourth-order valence-electron chi connectivity index (χ4n) is 3.23. The van der Waals surface area contributed by atoms with Crippen molar-refractivity contribution in [2.75, 3.05) is 6.61 Å². The summed E-state index contributed by atoms with van der Waals surface area (Å²) >= 11 is 0. The fourth-order valence-corrected chi connectivity index (χ4v) is 3.23. The first-order chi connectivity index (χ1) is 11.0. The second-order valence-electron chi connectivity index (χ2n) is 6.50. The molecule has 23 heavy (non-hydrogen) atoms. The molecule has 1 heterocycles. The molecule has 1 aliphatic carbocycles. The third-order valence-electron chi connectivity index (χ3n) is 4.48. The van der Waals surface area contributed by atoms with Gasteiger partial charge in [-0.1, -0.05) is 0 Å². The van der Waals surface area contributed by atoms with Gasteiger partial charge in [0.2, 0.25) is 0 Å². The molecule has 0 aromatic heterocycles. The molecule has 0 amide bonds. The number of hydrogen-bond donors (Lipinski definition) is 1. The molecule has 1 saturated heterocycles. The van der Waals surface area contributed by atoms with Crippen LogP contribution in [0.1, 0.15) is 64.2 Å². The van der Waals surface area contributed by atoms with Gasteiger partial charge >= 0.3 is 5.97 Å². The molecular formula is C17H26O6. The number of carboxylic acid groups (broad SMARTS) is 1. The molecule has 6 nitrogen and oxygen atoms in total. The molecule has 2 fully saturated rings. The van der Waals surface area contributed by atoms with Gasteiger partial charge in [-0.2, -0.15) is 0 Å². The van der Waals surface area contributed by atoms with E-state index in [4.69, 9.17) is 14.6 Å². The van der Waals surface area contributed by atoms with Gasteiger partial charge < -0.3 is 14.6 Å². The minimum Gasteiger partial charge on any atom is -0.481 e. The summed E-state index contributed by atoms with van der Waals surface area (Å²) in [6, 6.07) is 0. The highest BCUT2D eigenvalue weighted by atomic mass is 16.7. The van der Waals surface area contributed by atoms with Gasteiger partial charge in [0.05, 0.1) is 6.10 Å². The van der Waals surface area contributed by atoms with Crippen LogP contribution in [0.5, 0.6) is 0 Å². The third kappa shape index (κ3) is 6.39. The molecule has 6 heteroatoms. The highest BCUT2D eigenvalue weighted by Gasteiger charge is 2.35. The van der Waals surface area contributed by atoms with Crippen LogP contribution >= 0.6 is 0 Å². The van der Waals surface area contributed by atoms with Crippen LogP contribution in [-0.2, 0) is 23.9 Å². The van der Waals surface area contributed by atoms with Crippen molar-refractivity contribution in [3.63, 3.8) is 0 Å². The summed E-state index contributed by atoms with van der Waals surface area (Å²) in [6.07, 6.45) is 5.44. The van der Waals surface area contributed by atoms with Gasteiger partial charge in [-0.15, -0.1) is 0 Å². The van der Waals surface area contributed by atoms with E-state index in [1.54, 1.807) is 0 Å². The van der Waals surface area contributed by atoms with Crippen LogP contribution in [0, 0.1) is 5.92 Å². The van der Waals surface area contributed by atoms with Crippen molar-refractivity contribution in [2.24, 2.45) is 5.92 Å². The summed E-state index contributed by atoms with van der Waals surface area (Å²) in [5.74, 6) is -0.933. The maximum absolute atomic E-state index is 12.0. The second-order valence-corrected chi connectivity index (χ2v) is 6.50. The second kappa shape index (κ2) is 9.13. The van der Waals surface area contributed by atoms with Gasteiger partial charge in [0, 0.05) is 38.2 Å². The first-order valence-corrected chi connectivity index (χ1v) is 8.58. The Labute approximate surface area is 136 Å². The Kier molecular flexibility index (Phi) is 7.17. The van der Waals surface area contributed by atoms with Gasteiger partial charge in [0.15, 0.2) is 6.29 Å². The van der Waals surface area contributed by atoms with Crippen LogP contribution in [0.25, 0.3) is 0 Å². The predicted molar refractivity (Wildman–Crippen MR) is 81.9 cm³/mol. The molecule has 0 aromatic rings. The van der Waals surface area contributed by atoms with E-state index in [1.807, 2.05) is 0 Å². The lowest BCUT2D eigenvalue weighted by Gasteiger charge is -2.25. The molecule has 130 valence electrons. The monoisotopic (exact) mass is 326 g/mol. The van der Waals surface area contributed by atoms with E-state index in [1.165, 1.54) is 0 Å². The number of ketones is 2. The number of aliphatic carboxylic acids is 1. The van der Waals surface area contributed by atoms with E-state index in [0.29, 0.717) is 38.7 Å². The number of carbonyl (C=O) groups is 3. The summed E-state index contributed by atoms with van der Waals surface area (Å²) in [4.78, 5) is 34.4. The average Bonchev–Trinajstić information content (AvgIpc) is 2.84. The highest BCUT2D eigenvalue weighted by molar-refractivity contribution is 5.89. The molecule has 2 rings (SSSR count). The molecule has 0 aromatic carbocycles. The van der Waals surface area contributed by atoms with Gasteiger partial charge in [0.1, 0.15) is 11.6 Å².